The molecule has 16 bridgehead atoms. The van der Waals surface area contributed by atoms with Crippen LogP contribution in [-0.2, 0) is 92.3 Å². The number of aromatic amines is 4. The Morgan fingerprint density at radius 2 is 0.883 bits per heavy atom. The van der Waals surface area contributed by atoms with Crippen molar-refractivity contribution >= 4 is 148 Å². The largest absolute Gasteiger partial charge is 0.481 e. The molecule has 0 saturated carbocycles. The predicted octanol–water partition coefficient (Wildman–Crippen LogP) is 13.0. The van der Waals surface area contributed by atoms with Crippen molar-refractivity contribution in [3.63, 3.8) is 0 Å². The van der Waals surface area contributed by atoms with Crippen molar-refractivity contribution in [2.45, 2.75) is 132 Å². The number of fused-ring (bicyclic) bond motifs is 16. The second kappa shape index (κ2) is 40.6. The number of aliphatic hydroxyl groups excluding tert-OH is 1. The van der Waals surface area contributed by atoms with Gasteiger partial charge in [0.15, 0.2) is 5.78 Å². The summed E-state index contributed by atoms with van der Waals surface area (Å²) in [6.07, 6.45) is 16.1. The highest BCUT2D eigenvalue weighted by Gasteiger charge is 2.29. The fourth-order valence-corrected chi connectivity index (χ4v) is 14.9. The molecule has 628 valence electrons. The molecule has 0 aliphatic carbocycles. The smallest absolute Gasteiger partial charge is 0.328 e. The van der Waals surface area contributed by atoms with E-state index in [2.05, 4.69) is 71.6 Å². The van der Waals surface area contributed by atoms with Gasteiger partial charge >= 0.3 is 29.8 Å². The first-order valence-electron chi connectivity index (χ1n) is 39.0. The second-order valence-corrected chi connectivity index (χ2v) is 29.3. The number of carbonyl (C=O) groups excluding carboxylic acids is 6. The number of nitrogens with two attached hydrogens (primary N) is 1. The number of methoxy groups -OCH3 is 3. The number of Topliss-reactive ketones (excluding diaryl/α,β-unsaturated/α-hetero) is 1. The van der Waals surface area contributed by atoms with E-state index in [9.17, 15) is 48.6 Å². The third-order valence-electron chi connectivity index (χ3n) is 21.6. The van der Waals surface area contributed by atoms with Gasteiger partial charge in [-0.3, -0.25) is 33.6 Å². The van der Waals surface area contributed by atoms with E-state index in [0.29, 0.717) is 59.8 Å². The first kappa shape index (κ1) is 90.4. The van der Waals surface area contributed by atoms with Gasteiger partial charge in [-0.1, -0.05) is 50.6 Å². The summed E-state index contributed by atoms with van der Waals surface area (Å²) >= 11 is 0. The van der Waals surface area contributed by atoms with E-state index in [1.807, 2.05) is 142 Å². The lowest BCUT2D eigenvalue weighted by Gasteiger charge is -2.14. The molecule has 0 aromatic carbocycles. The molecule has 0 spiro atoms. The second-order valence-electron chi connectivity index (χ2n) is 29.3. The van der Waals surface area contributed by atoms with Crippen LogP contribution in [0, 0.1) is 33.6 Å². The highest BCUT2D eigenvalue weighted by molar-refractivity contribution is 6.01. The van der Waals surface area contributed by atoms with Gasteiger partial charge in [0.25, 0.3) is 0 Å². The number of hydrogen-bond acceptors (Lipinski definition) is 19. The number of aryl methyl sites for hydroxylation is 8. The molecule has 29 heteroatoms. The van der Waals surface area contributed by atoms with Crippen LogP contribution in [0.3, 0.4) is 0 Å². The molecule has 8 aromatic rings. The molecule has 0 fully saturated rings. The van der Waals surface area contributed by atoms with Crippen LogP contribution in [0.4, 0.5) is 0 Å². The maximum Gasteiger partial charge on any atom is 0.328 e. The monoisotopic (exact) mass is 1630 g/mol. The highest BCUT2D eigenvalue weighted by Crippen LogP contribution is 2.40. The summed E-state index contributed by atoms with van der Waals surface area (Å²) in [6, 6.07) is 15.1. The number of carbonyl (C=O) groups is 8. The van der Waals surface area contributed by atoms with E-state index in [-0.39, 0.29) is 75.7 Å². The van der Waals surface area contributed by atoms with E-state index in [1.165, 1.54) is 21.3 Å². The Bertz CT molecular complexity index is 5920. The maximum atomic E-state index is 13.3. The molecule has 29 nitrogen and oxygen atoms in total. The van der Waals surface area contributed by atoms with Crippen LogP contribution < -0.4 is 16.4 Å². The lowest BCUT2D eigenvalue weighted by atomic mass is 9.97. The molecule has 4 aliphatic heterocycles. The number of aliphatic hydroxyl groups is 1. The highest BCUT2D eigenvalue weighted by atomic mass is 16.5. The normalized spacial score (nSPS) is 12.7. The van der Waals surface area contributed by atoms with Crippen molar-refractivity contribution in [2.75, 3.05) is 41.5 Å². The summed E-state index contributed by atoms with van der Waals surface area (Å²) in [5.41, 5.74) is 34.0. The summed E-state index contributed by atoms with van der Waals surface area (Å²) in [5, 5.41) is 31.1. The molecular weight excluding hydrogens is 1530 g/mol. The van der Waals surface area contributed by atoms with Crippen LogP contribution in [0.1, 0.15) is 174 Å². The average molecular weight is 1630 g/mol. The Labute approximate surface area is 695 Å². The zero-order chi connectivity index (χ0) is 87.7. The number of hydrogen-bond donors (Lipinski definition) is 10. The van der Waals surface area contributed by atoms with E-state index < -0.39 is 41.7 Å². The SMILES string of the molecule is C=CC1=C(C)c2cc3nc(cc4[nH]c(cc5[nH]c(cc1n2)c(C)c5C=C)c(C)c4CCC(=O)O)C(CCC(=O)O)=C3C.C=CC1=C(C)c2cc3nc(cc4[nH]c(cc5[nH]c(cc1n2)c(C)c5C=C)c(C)c4CCC(=O)OC)C(CCC(=O)NCC(=O)C[C@@H](Cc1cn(C)cn1)C(=O)OC)=C3C.CO.COC(=O)[C@H](Cc1cn(C)cn1)NC(=O)CN. The van der Waals surface area contributed by atoms with E-state index >= 15 is 0 Å². The zero-order valence-electron chi connectivity index (χ0n) is 70.4. The minimum Gasteiger partial charge on any atom is -0.481 e. The number of allylic oxidation sites excluding steroid dienone is 10. The third-order valence-corrected chi connectivity index (χ3v) is 21.6. The molecule has 2 atom stereocenters. The number of nitrogens with one attached hydrogen (secondary N) is 6. The fraction of sp³-hybridized carbons (Fsp3) is 0.319. The number of ketones is 1. The van der Waals surface area contributed by atoms with Gasteiger partial charge in [0.2, 0.25) is 11.8 Å². The third kappa shape index (κ3) is 21.2. The number of aliphatic carboxylic acids is 2. The minimum atomic E-state index is -0.886. The van der Waals surface area contributed by atoms with Crippen LogP contribution in [0.15, 0.2) is 112 Å². The molecule has 120 heavy (non-hydrogen) atoms. The Kier molecular flexibility index (Phi) is 30.5. The van der Waals surface area contributed by atoms with E-state index in [4.69, 9.17) is 40.2 Å². The predicted molar refractivity (Wildman–Crippen MR) is 467 cm³/mol. The van der Waals surface area contributed by atoms with Gasteiger partial charge in [0.1, 0.15) is 6.04 Å². The van der Waals surface area contributed by atoms with Gasteiger partial charge in [0.05, 0.1) is 110 Å². The van der Waals surface area contributed by atoms with Gasteiger partial charge in [-0.15, -0.1) is 0 Å². The van der Waals surface area contributed by atoms with Crippen molar-refractivity contribution < 1.29 is 67.9 Å². The number of esters is 3. The van der Waals surface area contributed by atoms with Crippen molar-refractivity contribution in [1.29, 1.82) is 0 Å². The topological polar surface area (TPSA) is 425 Å². The van der Waals surface area contributed by atoms with Gasteiger partial charge in [0, 0.05) is 145 Å². The number of nitrogens with zero attached hydrogens (tertiary/aromatic N) is 8. The summed E-state index contributed by atoms with van der Waals surface area (Å²) in [7, 11) is 8.58. The molecule has 2 amide bonds. The van der Waals surface area contributed by atoms with E-state index in [0.717, 1.165) is 163 Å². The minimum absolute atomic E-state index is 0.0222. The van der Waals surface area contributed by atoms with Gasteiger partial charge in [-0.05, 0) is 196 Å². The molecule has 11 N–H and O–H groups in total. The number of carboxylic acid groups (broad SMARTS) is 2. The first-order valence-corrected chi connectivity index (χ1v) is 39.0. The number of imidazole rings is 2. The number of amides is 2. The molecule has 0 saturated heterocycles. The lowest BCUT2D eigenvalue weighted by Crippen LogP contribution is -2.45. The van der Waals surface area contributed by atoms with Crippen molar-refractivity contribution in [3.8, 4) is 0 Å². The summed E-state index contributed by atoms with van der Waals surface area (Å²) in [5.74, 6) is -4.84. The Hall–Kier alpha value is -13.5. The van der Waals surface area contributed by atoms with Crippen molar-refractivity contribution in [3.05, 3.63) is 213 Å². The van der Waals surface area contributed by atoms with Crippen LogP contribution in [0.5, 0.6) is 0 Å². The number of carboxylic acids is 2. The molecule has 12 heterocycles. The molecule has 12 rings (SSSR count). The van der Waals surface area contributed by atoms with Crippen LogP contribution in [0.25, 0.3) is 101 Å². The first-order chi connectivity index (χ1) is 57.3. The quantitative estimate of drug-likeness (QED) is 0.0161. The molecule has 8 aromatic heterocycles. The van der Waals surface area contributed by atoms with Crippen LogP contribution in [0.2, 0.25) is 0 Å². The Morgan fingerprint density at radius 3 is 1.30 bits per heavy atom. The van der Waals surface area contributed by atoms with Gasteiger partial charge < -0.3 is 75.0 Å². The standard InChI is InChI=1S/C46H51N7O6.C34H34N4O4.C10H16N4O3.CH4O/c1-10-32-25(3)36-18-37-27(5)34(12-14-44(55)47-22-31(54)17-29(46(57)59-9)16-30-23-53(7)24-48-30)42(51-37)21-43-35(13-15-45(56)58-8)28(6)39(52-43)20-41-33(11-2)26(4)38(50-41)19-40(32)49-36;1-7-21-17(3)25-13-26-19(5)23(9-11-33(39)40)31(37-26)16-32-24(10-12-34(41)42)20(6)28(38-32)15-30-22(8-2)18(4)27(36-30)14-29(21)35-25;1-14-5-7(12-6-14)3-8(10(16)17-2)13-9(15)4-11;1-2/h10-11,18-21,23-24,29,50,52H,1-2,12-17,22H2,3-9H3,(H,47,55);7-8,13-16,36,38H,1-2,9-12H2,3-6H3,(H,39,40)(H,41,42);5-6,8H,3-4,11H2,1-2H3,(H,13,15);2H,1H3/t29-;;8-;/m1.0./s1. The molecule has 0 radical (unpaired) electrons. The van der Waals surface area contributed by atoms with Crippen LogP contribution >= 0.6 is 0 Å². The van der Waals surface area contributed by atoms with E-state index in [1.54, 1.807) is 34.2 Å². The summed E-state index contributed by atoms with van der Waals surface area (Å²) in [6.45, 7) is 31.9. The van der Waals surface area contributed by atoms with Crippen molar-refractivity contribution in [2.24, 2.45) is 25.7 Å². The number of aromatic nitrogens is 12. The maximum absolute atomic E-state index is 13.3. The van der Waals surface area contributed by atoms with Gasteiger partial charge in [-0.25, -0.2) is 34.7 Å². The Morgan fingerprint density at radius 1 is 0.475 bits per heavy atom. The number of rotatable bonds is 28. The van der Waals surface area contributed by atoms with Gasteiger partial charge in [-0.2, -0.15) is 0 Å². The lowest BCUT2D eigenvalue weighted by molar-refractivity contribution is -0.147. The van der Waals surface area contributed by atoms with Crippen molar-refractivity contribution in [1.82, 2.24) is 69.6 Å². The zero-order valence-corrected chi connectivity index (χ0v) is 70.4. The molecular formula is C91H105N15O14. The average Bonchev–Trinajstić information content (AvgIpc) is 1.62. The summed E-state index contributed by atoms with van der Waals surface area (Å²) in [4.78, 5) is 140. The number of ether oxygens (including phenoxy) is 3. The Balaban J connectivity index is 0.000000232. The molecule has 4 aliphatic rings. The summed E-state index contributed by atoms with van der Waals surface area (Å²) < 4.78 is 18.1. The van der Waals surface area contributed by atoms with Crippen LogP contribution in [-0.4, -0.2) is 169 Å². The fourth-order valence-electron chi connectivity index (χ4n) is 14.9. The molecule has 0 unspecified atom stereocenters. The number of H-pyrrole nitrogens is 4.